The fourth-order valence-corrected chi connectivity index (χ4v) is 2.17. The molecule has 0 radical (unpaired) electrons. The summed E-state index contributed by atoms with van der Waals surface area (Å²) >= 11 is 0. The molecule has 0 spiro atoms. The van der Waals surface area contributed by atoms with Crippen LogP contribution in [0.4, 0.5) is 10.5 Å². The number of alkyl carbamates (subject to hydrolysis) is 1. The van der Waals surface area contributed by atoms with Crippen LogP contribution in [0.15, 0.2) is 59.6 Å². The molecule has 2 rings (SSSR count). The minimum Gasteiger partial charge on any atom is -0.445 e. The summed E-state index contributed by atoms with van der Waals surface area (Å²) in [5, 5.41) is 22.6. The molecule has 0 aliphatic rings. The van der Waals surface area contributed by atoms with Crippen molar-refractivity contribution in [2.45, 2.75) is 18.8 Å². The SMILES string of the molecule is O=C=Nc1ccccc1C(O)C(O)CNC(=O)OCc1ccccc1. The van der Waals surface area contributed by atoms with Gasteiger partial charge in [0.1, 0.15) is 18.8 Å². The molecule has 0 fully saturated rings. The fourth-order valence-electron chi connectivity index (χ4n) is 2.17. The predicted molar refractivity (Wildman–Crippen MR) is 89.8 cm³/mol. The number of ether oxygens (including phenoxy) is 1. The first-order chi connectivity index (χ1) is 12.1. The summed E-state index contributed by atoms with van der Waals surface area (Å²) in [5.74, 6) is 0. The van der Waals surface area contributed by atoms with Crippen molar-refractivity contribution in [2.24, 2.45) is 4.99 Å². The highest BCUT2D eigenvalue weighted by Crippen LogP contribution is 2.27. The van der Waals surface area contributed by atoms with Gasteiger partial charge >= 0.3 is 6.09 Å². The number of amides is 1. The third kappa shape index (κ3) is 5.54. The van der Waals surface area contributed by atoms with Crippen molar-refractivity contribution in [3.05, 3.63) is 65.7 Å². The third-order valence-electron chi connectivity index (χ3n) is 3.45. The molecule has 2 aromatic carbocycles. The van der Waals surface area contributed by atoms with E-state index in [-0.39, 0.29) is 24.4 Å². The predicted octanol–water partition coefficient (Wildman–Crippen LogP) is 1.97. The molecule has 130 valence electrons. The Balaban J connectivity index is 1.86. The highest BCUT2D eigenvalue weighted by atomic mass is 16.5. The number of nitrogens with zero attached hydrogens (tertiary/aromatic N) is 1. The average molecular weight is 342 g/mol. The number of aliphatic imine (C=N–C) groups is 1. The molecule has 2 unspecified atom stereocenters. The van der Waals surface area contributed by atoms with Crippen molar-refractivity contribution in [1.82, 2.24) is 5.32 Å². The fraction of sp³-hybridized carbons (Fsp3) is 0.222. The Morgan fingerprint density at radius 3 is 2.52 bits per heavy atom. The zero-order valence-electron chi connectivity index (χ0n) is 13.3. The number of carbonyl (C=O) groups is 1. The second-order valence-electron chi connectivity index (χ2n) is 5.22. The molecule has 3 N–H and O–H groups in total. The van der Waals surface area contributed by atoms with Crippen molar-refractivity contribution >= 4 is 17.9 Å². The summed E-state index contributed by atoms with van der Waals surface area (Å²) in [7, 11) is 0. The second-order valence-corrected chi connectivity index (χ2v) is 5.22. The lowest BCUT2D eigenvalue weighted by Gasteiger charge is -2.19. The maximum absolute atomic E-state index is 11.7. The van der Waals surface area contributed by atoms with Crippen LogP contribution < -0.4 is 5.32 Å². The van der Waals surface area contributed by atoms with Gasteiger partial charge in [0.15, 0.2) is 0 Å². The largest absolute Gasteiger partial charge is 0.445 e. The molecule has 25 heavy (non-hydrogen) atoms. The Hall–Kier alpha value is -2.99. The van der Waals surface area contributed by atoms with Crippen molar-refractivity contribution in [2.75, 3.05) is 6.54 Å². The zero-order valence-corrected chi connectivity index (χ0v) is 13.3. The number of hydrogen-bond donors (Lipinski definition) is 3. The number of carbonyl (C=O) groups excluding carboxylic acids is 2. The molecule has 0 aromatic heterocycles. The zero-order chi connectivity index (χ0) is 18.1. The maximum atomic E-state index is 11.7. The van der Waals surface area contributed by atoms with Gasteiger partial charge in [-0.15, -0.1) is 0 Å². The van der Waals surface area contributed by atoms with E-state index >= 15 is 0 Å². The first kappa shape index (κ1) is 18.4. The number of nitrogens with one attached hydrogen (secondary N) is 1. The minimum absolute atomic E-state index is 0.0994. The van der Waals surface area contributed by atoms with Gasteiger partial charge in [-0.3, -0.25) is 0 Å². The van der Waals surface area contributed by atoms with Gasteiger partial charge in [-0.25, -0.2) is 9.59 Å². The number of aliphatic hydroxyl groups excluding tert-OH is 2. The molecule has 0 aliphatic carbocycles. The summed E-state index contributed by atoms with van der Waals surface area (Å²) < 4.78 is 5.01. The van der Waals surface area contributed by atoms with Crippen LogP contribution in [-0.4, -0.2) is 35.0 Å². The van der Waals surface area contributed by atoms with Gasteiger partial charge in [0.05, 0.1) is 5.69 Å². The van der Waals surface area contributed by atoms with Crippen molar-refractivity contribution < 1.29 is 24.5 Å². The van der Waals surface area contributed by atoms with Crippen LogP contribution in [0.2, 0.25) is 0 Å². The Morgan fingerprint density at radius 2 is 1.80 bits per heavy atom. The Labute approximate surface area is 144 Å². The number of isocyanates is 1. The third-order valence-corrected chi connectivity index (χ3v) is 3.45. The van der Waals surface area contributed by atoms with E-state index in [1.54, 1.807) is 12.1 Å². The molecule has 0 saturated carbocycles. The van der Waals surface area contributed by atoms with Gasteiger partial charge in [-0.2, -0.15) is 4.99 Å². The molecule has 0 heterocycles. The molecule has 0 bridgehead atoms. The van der Waals surface area contributed by atoms with E-state index in [1.807, 2.05) is 30.3 Å². The van der Waals surface area contributed by atoms with Crippen molar-refractivity contribution in [1.29, 1.82) is 0 Å². The van der Waals surface area contributed by atoms with Crippen LogP contribution in [-0.2, 0) is 16.1 Å². The van der Waals surface area contributed by atoms with Crippen molar-refractivity contribution in [3.8, 4) is 0 Å². The van der Waals surface area contributed by atoms with Crippen LogP contribution in [0.3, 0.4) is 0 Å². The maximum Gasteiger partial charge on any atom is 0.407 e. The monoisotopic (exact) mass is 342 g/mol. The highest BCUT2D eigenvalue weighted by molar-refractivity contribution is 5.67. The van der Waals surface area contributed by atoms with Crippen LogP contribution >= 0.6 is 0 Å². The molecular formula is C18H18N2O5. The smallest absolute Gasteiger partial charge is 0.407 e. The molecule has 2 aromatic rings. The minimum atomic E-state index is -1.33. The summed E-state index contributed by atoms with van der Waals surface area (Å²) in [5.41, 5.74) is 1.30. The number of benzene rings is 2. The molecule has 7 nitrogen and oxygen atoms in total. The average Bonchev–Trinajstić information content (AvgIpc) is 2.65. The number of para-hydroxylation sites is 1. The summed E-state index contributed by atoms with van der Waals surface area (Å²) in [6.45, 7) is -0.129. The highest BCUT2D eigenvalue weighted by Gasteiger charge is 2.21. The van der Waals surface area contributed by atoms with E-state index < -0.39 is 18.3 Å². The Kier molecular flexibility index (Phi) is 6.86. The van der Waals surface area contributed by atoms with E-state index in [4.69, 9.17) is 4.74 Å². The molecule has 0 aliphatic heterocycles. The van der Waals surface area contributed by atoms with E-state index in [0.29, 0.717) is 0 Å². The van der Waals surface area contributed by atoms with Gasteiger partial charge in [0.2, 0.25) is 6.08 Å². The Bertz CT molecular complexity index is 744. The summed E-state index contributed by atoms with van der Waals surface area (Å²) in [6.07, 6.45) is -1.95. The quantitative estimate of drug-likeness (QED) is 0.527. The van der Waals surface area contributed by atoms with Gasteiger partial charge in [-0.1, -0.05) is 48.5 Å². The molecular weight excluding hydrogens is 324 g/mol. The molecule has 0 saturated heterocycles. The van der Waals surface area contributed by atoms with Gasteiger partial charge < -0.3 is 20.3 Å². The normalized spacial score (nSPS) is 12.6. The van der Waals surface area contributed by atoms with E-state index in [0.717, 1.165) is 5.56 Å². The number of aliphatic hydroxyl groups is 2. The first-order valence-corrected chi connectivity index (χ1v) is 7.59. The molecule has 2 atom stereocenters. The van der Waals surface area contributed by atoms with Crippen LogP contribution in [0.1, 0.15) is 17.2 Å². The van der Waals surface area contributed by atoms with Crippen LogP contribution in [0, 0.1) is 0 Å². The van der Waals surface area contributed by atoms with E-state index in [2.05, 4.69) is 10.3 Å². The Morgan fingerprint density at radius 1 is 1.12 bits per heavy atom. The van der Waals surface area contributed by atoms with Crippen molar-refractivity contribution in [3.63, 3.8) is 0 Å². The topological polar surface area (TPSA) is 108 Å². The number of rotatable bonds is 7. The van der Waals surface area contributed by atoms with E-state index in [1.165, 1.54) is 18.2 Å². The second kappa shape index (κ2) is 9.34. The standard InChI is InChI=1S/C18H18N2O5/c21-12-20-15-9-5-4-8-14(15)17(23)16(22)10-19-18(24)25-11-13-6-2-1-3-7-13/h1-9,16-17,22-23H,10-11H2,(H,19,24). The summed E-state index contributed by atoms with van der Waals surface area (Å²) in [6, 6.07) is 15.5. The molecule has 1 amide bonds. The lowest BCUT2D eigenvalue weighted by atomic mass is 10.0. The van der Waals surface area contributed by atoms with Gasteiger partial charge in [0.25, 0.3) is 0 Å². The lowest BCUT2D eigenvalue weighted by molar-refractivity contribution is 0.0187. The number of hydrogen-bond acceptors (Lipinski definition) is 6. The van der Waals surface area contributed by atoms with Gasteiger partial charge in [-0.05, 0) is 11.6 Å². The molecule has 7 heteroatoms. The van der Waals surface area contributed by atoms with E-state index in [9.17, 15) is 19.8 Å². The van der Waals surface area contributed by atoms with Crippen LogP contribution in [0.25, 0.3) is 0 Å². The summed E-state index contributed by atoms with van der Waals surface area (Å²) in [4.78, 5) is 25.5. The first-order valence-electron chi connectivity index (χ1n) is 7.59. The van der Waals surface area contributed by atoms with Crippen LogP contribution in [0.5, 0.6) is 0 Å². The lowest BCUT2D eigenvalue weighted by Crippen LogP contribution is -2.35. The van der Waals surface area contributed by atoms with Gasteiger partial charge in [0, 0.05) is 12.1 Å².